The second-order valence-electron chi connectivity index (χ2n) is 8.74. The number of hydrazone groups is 1. The van der Waals surface area contributed by atoms with Crippen LogP contribution in [0.1, 0.15) is 24.0 Å². The number of rotatable bonds is 5. The first-order valence-corrected chi connectivity index (χ1v) is 11.7. The summed E-state index contributed by atoms with van der Waals surface area (Å²) in [5.74, 6) is 1.35. The van der Waals surface area contributed by atoms with Gasteiger partial charge in [0.15, 0.2) is 11.9 Å². The molecule has 2 atom stereocenters. The van der Waals surface area contributed by atoms with Crippen LogP contribution in [0.15, 0.2) is 86.9 Å². The Bertz CT molecular complexity index is 1420. The number of fused-ring (bicyclic) bond motifs is 2. The van der Waals surface area contributed by atoms with Crippen LogP contribution >= 0.6 is 0 Å². The maximum atomic E-state index is 13.7. The molecule has 0 saturated carbocycles. The molecule has 0 spiro atoms. The molecule has 2 aromatic heterocycles. The minimum absolute atomic E-state index is 0.0159. The summed E-state index contributed by atoms with van der Waals surface area (Å²) in [7, 11) is 1.56. The van der Waals surface area contributed by atoms with Crippen molar-refractivity contribution in [2.24, 2.45) is 5.10 Å². The molecule has 0 saturated heterocycles. The van der Waals surface area contributed by atoms with Gasteiger partial charge in [0.25, 0.3) is 11.8 Å². The van der Waals surface area contributed by atoms with Gasteiger partial charge in [0, 0.05) is 18.9 Å². The number of benzene rings is 2. The number of nitrogens with one attached hydrogen (secondary N) is 1. The third-order valence-electron chi connectivity index (χ3n) is 6.47. The van der Waals surface area contributed by atoms with Crippen molar-refractivity contribution in [3.05, 3.63) is 84.5 Å². The molecule has 0 fully saturated rings. The number of carbonyl (C=O) groups excluding carboxylic acids is 2. The lowest BCUT2D eigenvalue weighted by Gasteiger charge is -2.35. The quantitative estimate of drug-likeness (QED) is 0.464. The molecule has 1 N–H and O–H groups in total. The molecule has 0 radical (unpaired) electrons. The molecule has 2 amide bonds. The van der Waals surface area contributed by atoms with Gasteiger partial charge in [-0.1, -0.05) is 30.3 Å². The van der Waals surface area contributed by atoms with Crippen LogP contribution in [0.25, 0.3) is 11.0 Å². The van der Waals surface area contributed by atoms with Crippen molar-refractivity contribution in [3.8, 4) is 5.75 Å². The second-order valence-corrected chi connectivity index (χ2v) is 8.74. The fourth-order valence-corrected chi connectivity index (χ4v) is 4.71. The molecule has 2 aromatic carbocycles. The Morgan fingerprint density at radius 1 is 1.08 bits per heavy atom. The maximum absolute atomic E-state index is 13.7. The number of hydrogen-bond donors (Lipinski definition) is 1. The Balaban J connectivity index is 1.31. The minimum atomic E-state index is -0.730. The molecule has 0 unspecified atom stereocenters. The van der Waals surface area contributed by atoms with E-state index in [1.807, 2.05) is 59.5 Å². The van der Waals surface area contributed by atoms with Crippen LogP contribution in [0.5, 0.6) is 5.75 Å². The zero-order chi connectivity index (χ0) is 24.6. The third kappa shape index (κ3) is 3.88. The van der Waals surface area contributed by atoms with Crippen molar-refractivity contribution in [1.82, 2.24) is 10.3 Å². The zero-order valence-corrected chi connectivity index (χ0v) is 19.6. The fraction of sp³-hybridized carbons (Fsp3) is 0.222. The van der Waals surface area contributed by atoms with E-state index in [0.29, 0.717) is 29.4 Å². The normalized spacial score (nSPS) is 19.1. The Hall–Kier alpha value is -4.53. The van der Waals surface area contributed by atoms with Gasteiger partial charge in [-0.15, -0.1) is 0 Å². The predicted molar refractivity (Wildman–Crippen MR) is 133 cm³/mol. The number of furan rings is 2. The van der Waals surface area contributed by atoms with Crippen LogP contribution in [0, 0.1) is 0 Å². The van der Waals surface area contributed by atoms with E-state index in [4.69, 9.17) is 18.7 Å². The Labute approximate surface area is 206 Å². The van der Waals surface area contributed by atoms with Gasteiger partial charge < -0.3 is 23.8 Å². The molecule has 2 aliphatic heterocycles. The number of carbonyl (C=O) groups is 2. The molecule has 4 heterocycles. The van der Waals surface area contributed by atoms with E-state index < -0.39 is 12.1 Å². The van der Waals surface area contributed by atoms with Gasteiger partial charge in [-0.25, -0.2) is 5.01 Å². The first kappa shape index (κ1) is 22.0. The summed E-state index contributed by atoms with van der Waals surface area (Å²) in [5.41, 5.74) is 2.19. The van der Waals surface area contributed by atoms with Crippen molar-refractivity contribution in [2.45, 2.75) is 18.6 Å². The van der Waals surface area contributed by atoms with Gasteiger partial charge in [0.1, 0.15) is 28.8 Å². The van der Waals surface area contributed by atoms with E-state index in [0.717, 1.165) is 16.7 Å². The molecule has 4 aromatic rings. The van der Waals surface area contributed by atoms with Crippen molar-refractivity contribution in [1.29, 1.82) is 0 Å². The van der Waals surface area contributed by atoms with Gasteiger partial charge in [0.05, 0.1) is 25.0 Å². The maximum Gasteiger partial charge on any atom is 0.262 e. The molecule has 2 aliphatic rings. The van der Waals surface area contributed by atoms with Crippen molar-refractivity contribution < 1.29 is 23.2 Å². The number of hydrogen-bond acceptors (Lipinski definition) is 7. The summed E-state index contributed by atoms with van der Waals surface area (Å²) >= 11 is 0. The monoisotopic (exact) mass is 484 g/mol. The molecule has 36 heavy (non-hydrogen) atoms. The van der Waals surface area contributed by atoms with Crippen LogP contribution in [-0.2, 0) is 9.59 Å². The highest BCUT2D eigenvalue weighted by molar-refractivity contribution is 6.04. The van der Waals surface area contributed by atoms with Crippen molar-refractivity contribution in [3.63, 3.8) is 0 Å². The number of ether oxygens (including phenoxy) is 1. The average Bonchev–Trinajstić information content (AvgIpc) is 3.67. The highest BCUT2D eigenvalue weighted by Crippen LogP contribution is 2.36. The minimum Gasteiger partial charge on any atom is -0.477 e. The summed E-state index contributed by atoms with van der Waals surface area (Å²) in [6, 6.07) is 20.3. The smallest absolute Gasteiger partial charge is 0.262 e. The number of nitrogens with zero attached hydrogens (tertiary/aromatic N) is 3. The molecule has 182 valence electrons. The molecule has 9 nitrogen and oxygen atoms in total. The average molecular weight is 485 g/mol. The summed E-state index contributed by atoms with van der Waals surface area (Å²) in [6.45, 7) is 0.254. The SMILES string of the molecule is CNC(=O)[C@@H]1CN(CC(=O)N2N=C(c3cc4ccccc4o3)C[C@@H]2c2ccco2)c2ccccc2O1. The standard InChI is InChI=1S/C27H24N4O5/c1-28-27(33)25-15-30(19-8-3-5-10-23(19)36-25)16-26(32)31-20(22-11-6-12-34-22)14-18(29-31)24-13-17-7-2-4-9-21(17)35-24/h2-13,20,25H,14-16H2,1H3,(H,28,33)/t20-,25+/m1/s1. The summed E-state index contributed by atoms with van der Waals surface area (Å²) in [6.07, 6.45) is 1.31. The number of amides is 2. The lowest BCUT2D eigenvalue weighted by molar-refractivity contribution is -0.132. The van der Waals surface area contributed by atoms with Crippen LogP contribution in [0.4, 0.5) is 5.69 Å². The first-order valence-electron chi connectivity index (χ1n) is 11.7. The van der Waals surface area contributed by atoms with Gasteiger partial charge in [-0.2, -0.15) is 5.10 Å². The fourth-order valence-electron chi connectivity index (χ4n) is 4.71. The van der Waals surface area contributed by atoms with E-state index >= 15 is 0 Å². The van der Waals surface area contributed by atoms with Crippen LogP contribution < -0.4 is 15.0 Å². The molecular formula is C27H24N4O5. The van der Waals surface area contributed by atoms with Gasteiger partial charge in [-0.3, -0.25) is 9.59 Å². The number of anilines is 1. The Morgan fingerprint density at radius 3 is 2.72 bits per heavy atom. The largest absolute Gasteiger partial charge is 0.477 e. The highest BCUT2D eigenvalue weighted by atomic mass is 16.5. The Morgan fingerprint density at radius 2 is 1.92 bits per heavy atom. The topological polar surface area (TPSA) is 101 Å². The Kier molecular flexibility index (Phi) is 5.44. The van der Waals surface area contributed by atoms with Crippen molar-refractivity contribution in [2.75, 3.05) is 25.0 Å². The lowest BCUT2D eigenvalue weighted by Crippen LogP contribution is -2.50. The predicted octanol–water partition coefficient (Wildman–Crippen LogP) is 3.72. The van der Waals surface area contributed by atoms with E-state index in [1.165, 1.54) is 5.01 Å². The van der Waals surface area contributed by atoms with Gasteiger partial charge >= 0.3 is 0 Å². The van der Waals surface area contributed by atoms with E-state index in [2.05, 4.69) is 5.32 Å². The van der Waals surface area contributed by atoms with Crippen LogP contribution in [0.2, 0.25) is 0 Å². The van der Waals surface area contributed by atoms with Crippen LogP contribution in [-0.4, -0.2) is 48.8 Å². The lowest BCUT2D eigenvalue weighted by atomic mass is 10.1. The van der Waals surface area contributed by atoms with Crippen molar-refractivity contribution >= 4 is 34.2 Å². The number of likely N-dealkylation sites (N-methyl/N-ethyl adjacent to an activating group) is 1. The molecular weight excluding hydrogens is 460 g/mol. The summed E-state index contributed by atoms with van der Waals surface area (Å²) in [4.78, 5) is 27.9. The molecule has 9 heteroatoms. The van der Waals surface area contributed by atoms with E-state index in [-0.39, 0.29) is 24.9 Å². The second kappa shape index (κ2) is 8.92. The number of para-hydroxylation sites is 3. The van der Waals surface area contributed by atoms with Crippen LogP contribution in [0.3, 0.4) is 0 Å². The highest BCUT2D eigenvalue weighted by Gasteiger charge is 2.38. The van der Waals surface area contributed by atoms with E-state index in [1.54, 1.807) is 25.4 Å². The third-order valence-corrected chi connectivity index (χ3v) is 6.47. The van der Waals surface area contributed by atoms with Gasteiger partial charge in [0.2, 0.25) is 0 Å². The molecule has 0 bridgehead atoms. The summed E-state index contributed by atoms with van der Waals surface area (Å²) < 4.78 is 17.6. The summed E-state index contributed by atoms with van der Waals surface area (Å²) in [5, 5.41) is 9.76. The van der Waals surface area contributed by atoms with E-state index in [9.17, 15) is 9.59 Å². The van der Waals surface area contributed by atoms with Gasteiger partial charge in [-0.05, 0) is 36.4 Å². The first-order chi connectivity index (χ1) is 17.6. The molecule has 0 aliphatic carbocycles. The molecule has 6 rings (SSSR count). The zero-order valence-electron chi connectivity index (χ0n) is 19.6.